The Bertz CT molecular complexity index is 277. The standard InChI is InChI=1S/C10H16BrN3/c1-3-7(4-2)14-10-8(11)5-13-6-9(10)12/h5-7H,3-4,12H2,1-2H3,(H,13,14). The molecule has 1 heterocycles. The van der Waals surface area contributed by atoms with Crippen LogP contribution >= 0.6 is 15.9 Å². The molecule has 0 bridgehead atoms. The van der Waals surface area contributed by atoms with E-state index in [1.165, 1.54) is 0 Å². The lowest BCUT2D eigenvalue weighted by Crippen LogP contribution is -2.18. The van der Waals surface area contributed by atoms with Crippen LogP contribution in [0, 0.1) is 0 Å². The monoisotopic (exact) mass is 257 g/mol. The average Bonchev–Trinajstić information content (AvgIpc) is 2.18. The van der Waals surface area contributed by atoms with Crippen molar-refractivity contribution in [1.29, 1.82) is 0 Å². The number of anilines is 2. The Labute approximate surface area is 93.2 Å². The second-order valence-corrected chi connectivity index (χ2v) is 4.10. The van der Waals surface area contributed by atoms with E-state index in [1.807, 2.05) is 0 Å². The molecule has 0 radical (unpaired) electrons. The molecule has 0 aliphatic rings. The van der Waals surface area contributed by atoms with Gasteiger partial charge in [-0.05, 0) is 28.8 Å². The van der Waals surface area contributed by atoms with Gasteiger partial charge in [-0.3, -0.25) is 4.98 Å². The zero-order valence-electron chi connectivity index (χ0n) is 8.55. The van der Waals surface area contributed by atoms with Crippen LogP contribution in [0.15, 0.2) is 16.9 Å². The average molecular weight is 258 g/mol. The van der Waals surface area contributed by atoms with Gasteiger partial charge in [-0.25, -0.2) is 0 Å². The van der Waals surface area contributed by atoms with Crippen LogP contribution in [-0.4, -0.2) is 11.0 Å². The van der Waals surface area contributed by atoms with Gasteiger partial charge in [-0.15, -0.1) is 0 Å². The van der Waals surface area contributed by atoms with E-state index in [1.54, 1.807) is 12.4 Å². The summed E-state index contributed by atoms with van der Waals surface area (Å²) in [6.45, 7) is 4.32. The number of rotatable bonds is 4. The minimum absolute atomic E-state index is 0.469. The minimum Gasteiger partial charge on any atom is -0.396 e. The van der Waals surface area contributed by atoms with Crippen LogP contribution in [-0.2, 0) is 0 Å². The highest BCUT2D eigenvalue weighted by Gasteiger charge is 2.08. The number of aromatic nitrogens is 1. The van der Waals surface area contributed by atoms with Gasteiger partial charge in [-0.1, -0.05) is 13.8 Å². The number of halogens is 1. The van der Waals surface area contributed by atoms with Crippen molar-refractivity contribution >= 4 is 27.3 Å². The van der Waals surface area contributed by atoms with Crippen molar-refractivity contribution in [3.63, 3.8) is 0 Å². The molecule has 0 saturated heterocycles. The van der Waals surface area contributed by atoms with Crippen molar-refractivity contribution < 1.29 is 0 Å². The molecule has 0 atom stereocenters. The van der Waals surface area contributed by atoms with Gasteiger partial charge < -0.3 is 11.1 Å². The fourth-order valence-electron chi connectivity index (χ4n) is 1.30. The molecular formula is C10H16BrN3. The maximum atomic E-state index is 5.82. The lowest BCUT2D eigenvalue weighted by molar-refractivity contribution is 0.671. The number of pyridine rings is 1. The first-order valence-electron chi connectivity index (χ1n) is 4.84. The molecule has 0 spiro atoms. The molecule has 0 fully saturated rings. The third kappa shape index (κ3) is 2.61. The molecule has 14 heavy (non-hydrogen) atoms. The SMILES string of the molecule is CCC(CC)Nc1c(N)cncc1Br. The molecule has 1 aromatic rings. The normalized spacial score (nSPS) is 10.6. The van der Waals surface area contributed by atoms with Crippen molar-refractivity contribution in [3.05, 3.63) is 16.9 Å². The second kappa shape index (κ2) is 5.20. The quantitative estimate of drug-likeness (QED) is 0.872. The largest absolute Gasteiger partial charge is 0.396 e. The molecule has 78 valence electrons. The number of nitrogens with two attached hydrogens (primary N) is 1. The molecule has 0 saturated carbocycles. The molecule has 4 heteroatoms. The summed E-state index contributed by atoms with van der Waals surface area (Å²) in [4.78, 5) is 3.99. The Morgan fingerprint density at radius 3 is 2.57 bits per heavy atom. The molecule has 3 N–H and O–H groups in total. The van der Waals surface area contributed by atoms with Gasteiger partial charge in [0.25, 0.3) is 0 Å². The van der Waals surface area contributed by atoms with Crippen LogP contribution in [0.2, 0.25) is 0 Å². The van der Waals surface area contributed by atoms with Gasteiger partial charge in [0.05, 0.1) is 22.0 Å². The third-order valence-electron chi connectivity index (χ3n) is 2.26. The van der Waals surface area contributed by atoms with Crippen LogP contribution in [0.25, 0.3) is 0 Å². The molecule has 0 aromatic carbocycles. The summed E-state index contributed by atoms with van der Waals surface area (Å²) >= 11 is 3.43. The summed E-state index contributed by atoms with van der Waals surface area (Å²) in [5.41, 5.74) is 7.46. The second-order valence-electron chi connectivity index (χ2n) is 3.24. The fourth-order valence-corrected chi connectivity index (χ4v) is 1.76. The Morgan fingerprint density at radius 2 is 2.07 bits per heavy atom. The first-order chi connectivity index (χ1) is 6.69. The van der Waals surface area contributed by atoms with Gasteiger partial charge >= 0.3 is 0 Å². The highest BCUT2D eigenvalue weighted by Crippen LogP contribution is 2.28. The molecule has 0 aliphatic carbocycles. The van der Waals surface area contributed by atoms with Crippen molar-refractivity contribution in [1.82, 2.24) is 4.98 Å². The molecule has 1 rings (SSSR count). The van der Waals surface area contributed by atoms with Crippen LogP contribution in [0.5, 0.6) is 0 Å². The van der Waals surface area contributed by atoms with Crippen LogP contribution in [0.1, 0.15) is 26.7 Å². The Morgan fingerprint density at radius 1 is 1.43 bits per heavy atom. The van der Waals surface area contributed by atoms with Gasteiger partial charge in [0, 0.05) is 12.2 Å². The molecule has 1 aromatic heterocycles. The summed E-state index contributed by atoms with van der Waals surface area (Å²) in [6, 6.07) is 0.469. The molecule has 0 aliphatic heterocycles. The smallest absolute Gasteiger partial charge is 0.0752 e. The molecule has 0 amide bonds. The van der Waals surface area contributed by atoms with E-state index in [4.69, 9.17) is 5.73 Å². The number of nitrogens with one attached hydrogen (secondary N) is 1. The first-order valence-corrected chi connectivity index (χ1v) is 5.63. The maximum absolute atomic E-state index is 5.82. The summed E-state index contributed by atoms with van der Waals surface area (Å²) in [6.07, 6.45) is 5.59. The third-order valence-corrected chi connectivity index (χ3v) is 2.86. The van der Waals surface area contributed by atoms with E-state index >= 15 is 0 Å². The highest BCUT2D eigenvalue weighted by atomic mass is 79.9. The van der Waals surface area contributed by atoms with E-state index < -0.39 is 0 Å². The van der Waals surface area contributed by atoms with E-state index in [0.29, 0.717) is 11.7 Å². The summed E-state index contributed by atoms with van der Waals surface area (Å²) in [7, 11) is 0. The Hall–Kier alpha value is -0.770. The zero-order chi connectivity index (χ0) is 10.6. The molecular weight excluding hydrogens is 242 g/mol. The summed E-state index contributed by atoms with van der Waals surface area (Å²) in [5, 5.41) is 3.40. The van der Waals surface area contributed by atoms with Crippen molar-refractivity contribution in [3.8, 4) is 0 Å². The first kappa shape index (κ1) is 11.3. The lowest BCUT2D eigenvalue weighted by Gasteiger charge is -2.18. The highest BCUT2D eigenvalue weighted by molar-refractivity contribution is 9.10. The number of nitrogens with zero attached hydrogens (tertiary/aromatic N) is 1. The van der Waals surface area contributed by atoms with Crippen LogP contribution in [0.4, 0.5) is 11.4 Å². The molecule has 0 unspecified atom stereocenters. The van der Waals surface area contributed by atoms with Crippen molar-refractivity contribution in [2.24, 2.45) is 0 Å². The van der Waals surface area contributed by atoms with Crippen LogP contribution in [0.3, 0.4) is 0 Å². The maximum Gasteiger partial charge on any atom is 0.0752 e. The van der Waals surface area contributed by atoms with Gasteiger partial charge in [0.1, 0.15) is 0 Å². The van der Waals surface area contributed by atoms with Gasteiger partial charge in [0.15, 0.2) is 0 Å². The fraction of sp³-hybridized carbons (Fsp3) is 0.500. The van der Waals surface area contributed by atoms with Gasteiger partial charge in [-0.2, -0.15) is 0 Å². The van der Waals surface area contributed by atoms with Crippen LogP contribution < -0.4 is 11.1 Å². The van der Waals surface area contributed by atoms with E-state index in [-0.39, 0.29) is 0 Å². The summed E-state index contributed by atoms with van der Waals surface area (Å²) in [5.74, 6) is 0. The Balaban J connectivity index is 2.84. The van der Waals surface area contributed by atoms with Gasteiger partial charge in [0.2, 0.25) is 0 Å². The molecule has 3 nitrogen and oxygen atoms in total. The number of hydrogen-bond acceptors (Lipinski definition) is 3. The Kier molecular flexibility index (Phi) is 4.20. The zero-order valence-corrected chi connectivity index (χ0v) is 10.1. The predicted octanol–water partition coefficient (Wildman–Crippen LogP) is 3.03. The predicted molar refractivity (Wildman–Crippen MR) is 64.3 cm³/mol. The topological polar surface area (TPSA) is 50.9 Å². The summed E-state index contributed by atoms with van der Waals surface area (Å²) < 4.78 is 0.921. The van der Waals surface area contributed by atoms with E-state index in [9.17, 15) is 0 Å². The number of nitrogen functional groups attached to an aromatic ring is 1. The van der Waals surface area contributed by atoms with E-state index in [0.717, 1.165) is 23.0 Å². The number of hydrogen-bond donors (Lipinski definition) is 2. The minimum atomic E-state index is 0.469. The van der Waals surface area contributed by atoms with Crippen molar-refractivity contribution in [2.75, 3.05) is 11.1 Å². The van der Waals surface area contributed by atoms with Crippen molar-refractivity contribution in [2.45, 2.75) is 32.7 Å². The lowest BCUT2D eigenvalue weighted by atomic mass is 10.1. The van der Waals surface area contributed by atoms with E-state index in [2.05, 4.69) is 40.1 Å².